The molecule has 1 aliphatic rings. The highest BCUT2D eigenvalue weighted by molar-refractivity contribution is 6.29. The minimum atomic E-state index is -0.534. The molecule has 4 rings (SSSR count). The molecule has 1 amide bonds. The van der Waals surface area contributed by atoms with Gasteiger partial charge in [-0.2, -0.15) is 4.98 Å². The fourth-order valence-corrected chi connectivity index (χ4v) is 4.08. The highest BCUT2D eigenvalue weighted by Gasteiger charge is 2.24. The number of amides is 1. The topological polar surface area (TPSA) is 90.9 Å². The van der Waals surface area contributed by atoms with Crippen LogP contribution in [0.15, 0.2) is 33.9 Å². The third-order valence-electron chi connectivity index (χ3n) is 5.31. The summed E-state index contributed by atoms with van der Waals surface area (Å²) in [4.78, 5) is 41.5. The summed E-state index contributed by atoms with van der Waals surface area (Å²) in [5, 5.41) is 3.03. The zero-order valence-electron chi connectivity index (χ0n) is 15.6. The summed E-state index contributed by atoms with van der Waals surface area (Å²) in [5.41, 5.74) is 1.63. The second-order valence-corrected chi connectivity index (χ2v) is 7.39. The van der Waals surface area contributed by atoms with Crippen molar-refractivity contribution in [2.45, 2.75) is 31.8 Å². The van der Waals surface area contributed by atoms with Crippen LogP contribution in [0.3, 0.4) is 0 Å². The summed E-state index contributed by atoms with van der Waals surface area (Å²) in [7, 11) is 2.89. The van der Waals surface area contributed by atoms with Crippen LogP contribution < -0.4 is 16.6 Å². The normalized spacial score (nSPS) is 16.2. The molecule has 0 saturated heterocycles. The maximum atomic E-state index is 12.7. The number of aromatic nitrogens is 4. The zero-order valence-corrected chi connectivity index (χ0v) is 16.4. The third kappa shape index (κ3) is 2.93. The van der Waals surface area contributed by atoms with E-state index in [1.165, 1.54) is 28.8 Å². The maximum absolute atomic E-state index is 12.7. The molecule has 9 heteroatoms. The van der Waals surface area contributed by atoms with E-state index in [9.17, 15) is 14.4 Å². The van der Waals surface area contributed by atoms with E-state index in [-0.39, 0.29) is 34.9 Å². The molecule has 0 radical (unpaired) electrons. The molecule has 1 aliphatic carbocycles. The Labute approximate surface area is 165 Å². The SMILES string of the molecule is Cn1c(=O)c2c(nc(Cl)n2CC(=O)N[C@H]2CCCc3ccccc32)n(C)c1=O. The number of nitrogens with zero attached hydrogens (tertiary/aromatic N) is 4. The number of halogens is 1. The molecule has 146 valence electrons. The molecular weight excluding hydrogens is 382 g/mol. The van der Waals surface area contributed by atoms with Gasteiger partial charge in [-0.05, 0) is 42.0 Å². The van der Waals surface area contributed by atoms with Gasteiger partial charge in [-0.1, -0.05) is 24.3 Å². The molecule has 0 fully saturated rings. The number of aryl methyl sites for hydroxylation is 2. The van der Waals surface area contributed by atoms with Crippen molar-refractivity contribution >= 4 is 28.7 Å². The molecule has 0 saturated carbocycles. The van der Waals surface area contributed by atoms with Crippen LogP contribution in [0.5, 0.6) is 0 Å². The first-order valence-electron chi connectivity index (χ1n) is 9.07. The molecule has 2 heterocycles. The van der Waals surface area contributed by atoms with Crippen molar-refractivity contribution in [3.8, 4) is 0 Å². The van der Waals surface area contributed by atoms with Gasteiger partial charge in [0, 0.05) is 14.1 Å². The highest BCUT2D eigenvalue weighted by atomic mass is 35.5. The fourth-order valence-electron chi connectivity index (χ4n) is 3.85. The molecule has 1 atom stereocenters. The summed E-state index contributed by atoms with van der Waals surface area (Å²) < 4.78 is 3.57. The molecule has 0 bridgehead atoms. The second-order valence-electron chi connectivity index (χ2n) is 7.06. The molecule has 28 heavy (non-hydrogen) atoms. The van der Waals surface area contributed by atoms with Crippen molar-refractivity contribution in [2.75, 3.05) is 0 Å². The van der Waals surface area contributed by atoms with E-state index in [2.05, 4.69) is 16.4 Å². The van der Waals surface area contributed by atoms with Crippen LogP contribution in [0.2, 0.25) is 5.28 Å². The largest absolute Gasteiger partial charge is 0.348 e. The van der Waals surface area contributed by atoms with Crippen LogP contribution in [0.1, 0.15) is 30.0 Å². The Morgan fingerprint density at radius 3 is 2.79 bits per heavy atom. The van der Waals surface area contributed by atoms with Crippen molar-refractivity contribution < 1.29 is 4.79 Å². The predicted molar refractivity (Wildman–Crippen MR) is 105 cm³/mol. The van der Waals surface area contributed by atoms with Crippen molar-refractivity contribution in [3.05, 3.63) is 61.5 Å². The molecule has 2 aromatic heterocycles. The number of carbonyl (C=O) groups is 1. The number of rotatable bonds is 3. The Bertz CT molecular complexity index is 1210. The third-order valence-corrected chi connectivity index (χ3v) is 5.60. The van der Waals surface area contributed by atoms with Crippen LogP contribution in [0.4, 0.5) is 0 Å². The monoisotopic (exact) mass is 401 g/mol. The zero-order chi connectivity index (χ0) is 20.0. The predicted octanol–water partition coefficient (Wildman–Crippen LogP) is 1.28. The van der Waals surface area contributed by atoms with Crippen molar-refractivity contribution in [1.29, 1.82) is 0 Å². The average Bonchev–Trinajstić information content (AvgIpc) is 3.01. The Hall–Kier alpha value is -2.87. The Morgan fingerprint density at radius 2 is 2.00 bits per heavy atom. The van der Waals surface area contributed by atoms with Gasteiger partial charge in [0.1, 0.15) is 6.54 Å². The van der Waals surface area contributed by atoms with Gasteiger partial charge in [-0.25, -0.2) is 4.79 Å². The van der Waals surface area contributed by atoms with Crippen molar-refractivity contribution in [2.24, 2.45) is 14.1 Å². The Kier molecular flexibility index (Phi) is 4.58. The van der Waals surface area contributed by atoms with Gasteiger partial charge in [-0.15, -0.1) is 0 Å². The molecule has 0 unspecified atom stereocenters. The molecule has 1 N–H and O–H groups in total. The second kappa shape index (κ2) is 6.94. The summed E-state index contributed by atoms with van der Waals surface area (Å²) in [6.45, 7) is -0.151. The summed E-state index contributed by atoms with van der Waals surface area (Å²) in [6.07, 6.45) is 2.86. The van der Waals surface area contributed by atoms with Crippen LogP contribution in [0.25, 0.3) is 11.2 Å². The lowest BCUT2D eigenvalue weighted by Gasteiger charge is -2.26. The van der Waals surface area contributed by atoms with Gasteiger partial charge in [-0.3, -0.25) is 23.3 Å². The number of fused-ring (bicyclic) bond motifs is 2. The molecule has 8 nitrogen and oxygen atoms in total. The Balaban J connectivity index is 1.66. The first-order chi connectivity index (χ1) is 13.4. The lowest BCUT2D eigenvalue weighted by molar-refractivity contribution is -0.122. The van der Waals surface area contributed by atoms with Crippen molar-refractivity contribution in [3.63, 3.8) is 0 Å². The lowest BCUT2D eigenvalue weighted by Crippen LogP contribution is -2.38. The van der Waals surface area contributed by atoms with Crippen LogP contribution in [0, 0.1) is 0 Å². The van der Waals surface area contributed by atoms with E-state index < -0.39 is 11.2 Å². The minimum Gasteiger partial charge on any atom is -0.348 e. The number of hydrogen-bond donors (Lipinski definition) is 1. The number of nitrogens with one attached hydrogen (secondary N) is 1. The lowest BCUT2D eigenvalue weighted by atomic mass is 9.88. The minimum absolute atomic E-state index is 0.00695. The van der Waals surface area contributed by atoms with E-state index in [1.807, 2.05) is 18.2 Å². The van der Waals surface area contributed by atoms with Gasteiger partial charge in [0.15, 0.2) is 11.2 Å². The highest BCUT2D eigenvalue weighted by Crippen LogP contribution is 2.29. The smallest absolute Gasteiger partial charge is 0.332 e. The van der Waals surface area contributed by atoms with E-state index in [1.54, 1.807) is 0 Å². The van der Waals surface area contributed by atoms with E-state index in [0.717, 1.165) is 29.4 Å². The van der Waals surface area contributed by atoms with E-state index in [4.69, 9.17) is 11.6 Å². The first-order valence-corrected chi connectivity index (χ1v) is 9.45. The molecule has 3 aromatic rings. The number of imidazole rings is 1. The fraction of sp³-hybridized carbons (Fsp3) is 0.368. The summed E-state index contributed by atoms with van der Waals surface area (Å²) >= 11 is 6.19. The van der Waals surface area contributed by atoms with Gasteiger partial charge < -0.3 is 5.32 Å². The summed E-state index contributed by atoms with van der Waals surface area (Å²) in [5.74, 6) is -0.265. The van der Waals surface area contributed by atoms with Gasteiger partial charge >= 0.3 is 5.69 Å². The van der Waals surface area contributed by atoms with Crippen LogP contribution in [-0.4, -0.2) is 24.6 Å². The number of hydrogen-bond acceptors (Lipinski definition) is 4. The maximum Gasteiger partial charge on any atom is 0.332 e. The van der Waals surface area contributed by atoms with Crippen molar-refractivity contribution in [1.82, 2.24) is 24.0 Å². The number of carbonyl (C=O) groups excluding carboxylic acids is 1. The quantitative estimate of drug-likeness (QED) is 0.669. The van der Waals surface area contributed by atoms with E-state index in [0.29, 0.717) is 0 Å². The average molecular weight is 402 g/mol. The standard InChI is InChI=1S/C19H20ClN5O3/c1-23-16-15(17(27)24(2)19(23)28)25(18(20)22-16)10-14(26)21-13-9-5-7-11-6-3-4-8-12(11)13/h3-4,6,8,13H,5,7,9-10H2,1-2H3,(H,21,26)/t13-/m0/s1. The first kappa shape index (κ1) is 18.5. The molecule has 0 spiro atoms. The van der Waals surface area contributed by atoms with Crippen LogP contribution in [-0.2, 0) is 31.9 Å². The van der Waals surface area contributed by atoms with Gasteiger partial charge in [0.2, 0.25) is 11.2 Å². The van der Waals surface area contributed by atoms with Crippen LogP contribution >= 0.6 is 11.6 Å². The van der Waals surface area contributed by atoms with E-state index >= 15 is 0 Å². The molecule has 0 aliphatic heterocycles. The molecule has 1 aromatic carbocycles. The number of benzene rings is 1. The summed E-state index contributed by atoms with van der Waals surface area (Å²) in [6, 6.07) is 8.01. The Morgan fingerprint density at radius 1 is 1.25 bits per heavy atom. The van der Waals surface area contributed by atoms with Gasteiger partial charge in [0.05, 0.1) is 6.04 Å². The van der Waals surface area contributed by atoms with Gasteiger partial charge in [0.25, 0.3) is 5.56 Å². The molecular formula is C19H20ClN5O3.